The van der Waals surface area contributed by atoms with Gasteiger partial charge in [-0.1, -0.05) is 23.7 Å². The fraction of sp³-hybridized carbons (Fsp3) is 0. The molecule has 2 heterocycles. The second-order valence-electron chi connectivity index (χ2n) is 5.75. The van der Waals surface area contributed by atoms with E-state index < -0.39 is 0 Å². The molecule has 2 aromatic carbocycles. The lowest BCUT2D eigenvalue weighted by Crippen LogP contribution is -2.09. The number of halogens is 2. The van der Waals surface area contributed by atoms with Crippen molar-refractivity contribution < 1.29 is 4.39 Å². The number of fused-ring (bicyclic) bond motifs is 1. The molecule has 0 atom stereocenters. The molecule has 0 saturated carbocycles. The van der Waals surface area contributed by atoms with Gasteiger partial charge in [-0.25, -0.2) is 9.37 Å². The van der Waals surface area contributed by atoms with Crippen LogP contribution in [0.1, 0.15) is 0 Å². The lowest BCUT2D eigenvalue weighted by molar-refractivity contribution is 0.628. The molecule has 2 N–H and O–H groups in total. The van der Waals surface area contributed by atoms with E-state index in [1.54, 1.807) is 54.9 Å². The maximum absolute atomic E-state index is 13.1. The van der Waals surface area contributed by atoms with Crippen LogP contribution in [0.2, 0.25) is 5.02 Å². The molecule has 0 amide bonds. The predicted molar refractivity (Wildman–Crippen MR) is 102 cm³/mol. The van der Waals surface area contributed by atoms with Crippen LogP contribution >= 0.6 is 11.6 Å². The molecule has 0 aliphatic rings. The van der Waals surface area contributed by atoms with Crippen LogP contribution in [-0.2, 0) is 0 Å². The molecule has 2 aromatic heterocycles. The van der Waals surface area contributed by atoms with Gasteiger partial charge in [0.15, 0.2) is 0 Å². The van der Waals surface area contributed by atoms with E-state index in [9.17, 15) is 9.18 Å². The molecule has 26 heavy (non-hydrogen) atoms. The number of nitrogens with one attached hydrogen (secondary N) is 2. The lowest BCUT2D eigenvalue weighted by atomic mass is 10.1. The van der Waals surface area contributed by atoms with Crippen molar-refractivity contribution in [2.24, 2.45) is 0 Å². The zero-order valence-electron chi connectivity index (χ0n) is 13.5. The molecule has 4 rings (SSSR count). The monoisotopic (exact) mass is 365 g/mol. The number of pyridine rings is 2. The molecule has 4 nitrogen and oxygen atoms in total. The first-order valence-electron chi connectivity index (χ1n) is 7.91. The summed E-state index contributed by atoms with van der Waals surface area (Å²) < 4.78 is 13.1. The molecule has 0 radical (unpaired) electrons. The SMILES string of the molecule is O=c1c(-c2ccc(Cl)cc2)c[nH]c2ccnc(Nc3ccc(F)cc3)c12. The zero-order chi connectivity index (χ0) is 18.1. The van der Waals surface area contributed by atoms with E-state index in [4.69, 9.17) is 11.6 Å². The fourth-order valence-corrected chi connectivity index (χ4v) is 2.90. The normalized spacial score (nSPS) is 10.8. The maximum atomic E-state index is 13.1. The minimum Gasteiger partial charge on any atom is -0.360 e. The predicted octanol–water partition coefficient (Wildman–Crippen LogP) is 5.13. The first-order valence-corrected chi connectivity index (χ1v) is 8.28. The van der Waals surface area contributed by atoms with Gasteiger partial charge in [-0.3, -0.25) is 4.79 Å². The molecule has 4 aromatic rings. The van der Waals surface area contributed by atoms with Crippen LogP contribution in [0.4, 0.5) is 15.9 Å². The third kappa shape index (κ3) is 3.05. The van der Waals surface area contributed by atoms with E-state index in [2.05, 4.69) is 15.3 Å². The van der Waals surface area contributed by atoms with Gasteiger partial charge in [0, 0.05) is 28.7 Å². The number of hydrogen-bond donors (Lipinski definition) is 2. The van der Waals surface area contributed by atoms with Crippen LogP contribution in [0.5, 0.6) is 0 Å². The van der Waals surface area contributed by atoms with Crippen molar-refractivity contribution in [3.63, 3.8) is 0 Å². The molecule has 0 saturated heterocycles. The Morgan fingerprint density at radius 3 is 2.46 bits per heavy atom. The van der Waals surface area contributed by atoms with E-state index in [1.165, 1.54) is 12.1 Å². The molecule has 0 fully saturated rings. The first-order chi connectivity index (χ1) is 12.6. The van der Waals surface area contributed by atoms with Gasteiger partial charge in [-0.15, -0.1) is 0 Å². The molecular weight excluding hydrogens is 353 g/mol. The Kier molecular flexibility index (Phi) is 4.14. The van der Waals surface area contributed by atoms with Crippen LogP contribution < -0.4 is 10.7 Å². The largest absolute Gasteiger partial charge is 0.360 e. The summed E-state index contributed by atoms with van der Waals surface area (Å²) in [6.45, 7) is 0. The Balaban J connectivity index is 1.86. The van der Waals surface area contributed by atoms with Gasteiger partial charge in [0.25, 0.3) is 0 Å². The Bertz CT molecular complexity index is 1140. The van der Waals surface area contributed by atoms with Crippen LogP contribution in [0.15, 0.2) is 71.8 Å². The van der Waals surface area contributed by atoms with Crippen LogP contribution in [0.3, 0.4) is 0 Å². The quantitative estimate of drug-likeness (QED) is 0.529. The van der Waals surface area contributed by atoms with Gasteiger partial charge in [0.2, 0.25) is 5.43 Å². The summed E-state index contributed by atoms with van der Waals surface area (Å²) in [5.74, 6) is 0.0791. The van der Waals surface area contributed by atoms with Crippen molar-refractivity contribution >= 4 is 34.0 Å². The van der Waals surface area contributed by atoms with Crippen LogP contribution in [0.25, 0.3) is 22.0 Å². The summed E-state index contributed by atoms with van der Waals surface area (Å²) >= 11 is 5.93. The second kappa shape index (κ2) is 6.61. The maximum Gasteiger partial charge on any atom is 0.200 e. The van der Waals surface area contributed by atoms with Crippen molar-refractivity contribution in [2.45, 2.75) is 0 Å². The summed E-state index contributed by atoms with van der Waals surface area (Å²) in [7, 11) is 0. The van der Waals surface area contributed by atoms with Crippen LogP contribution in [0, 0.1) is 5.82 Å². The fourth-order valence-electron chi connectivity index (χ4n) is 2.77. The van der Waals surface area contributed by atoms with E-state index in [1.807, 2.05) is 0 Å². The number of H-pyrrole nitrogens is 1. The Labute approximate surface area is 153 Å². The van der Waals surface area contributed by atoms with Gasteiger partial charge in [0.1, 0.15) is 11.6 Å². The van der Waals surface area contributed by atoms with Gasteiger partial charge in [-0.05, 0) is 48.0 Å². The highest BCUT2D eigenvalue weighted by molar-refractivity contribution is 6.30. The molecule has 0 bridgehead atoms. The Hall–Kier alpha value is -3.18. The smallest absolute Gasteiger partial charge is 0.200 e. The average molecular weight is 366 g/mol. The lowest BCUT2D eigenvalue weighted by Gasteiger charge is -2.10. The number of hydrogen-bond acceptors (Lipinski definition) is 3. The van der Waals surface area contributed by atoms with E-state index >= 15 is 0 Å². The van der Waals surface area contributed by atoms with Gasteiger partial charge in [0.05, 0.1) is 10.9 Å². The number of benzene rings is 2. The molecule has 0 spiro atoms. The second-order valence-corrected chi connectivity index (χ2v) is 6.19. The molecule has 0 aliphatic heterocycles. The number of nitrogens with zero attached hydrogens (tertiary/aromatic N) is 1. The van der Waals surface area contributed by atoms with Gasteiger partial charge >= 0.3 is 0 Å². The minimum atomic E-state index is -0.329. The summed E-state index contributed by atoms with van der Waals surface area (Å²) in [4.78, 5) is 20.5. The van der Waals surface area contributed by atoms with Crippen LogP contribution in [-0.4, -0.2) is 9.97 Å². The minimum absolute atomic E-state index is 0.154. The molecular formula is C20H13ClFN3O. The highest BCUT2D eigenvalue weighted by Gasteiger charge is 2.12. The van der Waals surface area contributed by atoms with Crippen molar-refractivity contribution in [1.82, 2.24) is 9.97 Å². The number of aromatic amines is 1. The highest BCUT2D eigenvalue weighted by atomic mass is 35.5. The summed E-state index contributed by atoms with van der Waals surface area (Å²) in [5.41, 5.74) is 2.42. The molecule has 128 valence electrons. The van der Waals surface area contributed by atoms with E-state index in [0.717, 1.165) is 5.56 Å². The Morgan fingerprint density at radius 1 is 1.00 bits per heavy atom. The third-order valence-corrected chi connectivity index (χ3v) is 4.31. The van der Waals surface area contributed by atoms with Gasteiger partial charge in [-0.2, -0.15) is 0 Å². The highest BCUT2D eigenvalue weighted by Crippen LogP contribution is 2.24. The van der Waals surface area contributed by atoms with Crippen molar-refractivity contribution in [2.75, 3.05) is 5.32 Å². The summed E-state index contributed by atoms with van der Waals surface area (Å²) in [6.07, 6.45) is 3.28. The molecule has 0 unspecified atom stereocenters. The number of anilines is 2. The summed E-state index contributed by atoms with van der Waals surface area (Å²) in [5, 5.41) is 4.12. The third-order valence-electron chi connectivity index (χ3n) is 4.06. The zero-order valence-corrected chi connectivity index (χ0v) is 14.2. The van der Waals surface area contributed by atoms with E-state index in [0.29, 0.717) is 33.0 Å². The van der Waals surface area contributed by atoms with Crippen molar-refractivity contribution in [1.29, 1.82) is 0 Å². The average Bonchev–Trinajstić information content (AvgIpc) is 2.65. The van der Waals surface area contributed by atoms with Gasteiger partial charge < -0.3 is 10.3 Å². The topological polar surface area (TPSA) is 57.8 Å². The number of rotatable bonds is 3. The van der Waals surface area contributed by atoms with Crippen molar-refractivity contribution in [3.05, 3.63) is 88.1 Å². The number of aromatic nitrogens is 2. The van der Waals surface area contributed by atoms with Crippen molar-refractivity contribution in [3.8, 4) is 11.1 Å². The Morgan fingerprint density at radius 2 is 1.73 bits per heavy atom. The van der Waals surface area contributed by atoms with E-state index in [-0.39, 0.29) is 11.2 Å². The standard InChI is InChI=1S/C20H13ClFN3O/c21-13-3-1-12(2-4-13)16-11-24-17-9-10-23-20(18(17)19(16)26)25-15-7-5-14(22)6-8-15/h1-11H,(H,23,25)(H,24,26). The first kappa shape index (κ1) is 16.3. The molecule has 0 aliphatic carbocycles. The molecule has 6 heteroatoms. The summed E-state index contributed by atoms with van der Waals surface area (Å²) in [6, 6.07) is 14.7.